The van der Waals surface area contributed by atoms with Gasteiger partial charge in [0, 0.05) is 20.2 Å². The van der Waals surface area contributed by atoms with Crippen molar-refractivity contribution < 1.29 is 28.9 Å². The maximum absolute atomic E-state index is 13.3. The molecule has 1 aromatic carbocycles. The maximum atomic E-state index is 13.3. The second-order valence-corrected chi connectivity index (χ2v) is 7.54. The molecular formula is C20H29NO6. The first-order valence-corrected chi connectivity index (χ1v) is 8.96. The fraction of sp³-hybridized carbons (Fsp3) is 0.600. The fourth-order valence-corrected chi connectivity index (χ4v) is 3.68. The zero-order valence-corrected chi connectivity index (χ0v) is 16.7. The van der Waals surface area contributed by atoms with Crippen LogP contribution in [0.2, 0.25) is 0 Å². The van der Waals surface area contributed by atoms with Gasteiger partial charge in [0.15, 0.2) is 11.5 Å². The molecule has 0 bridgehead atoms. The SMILES string of the molecule is COCC1(C(=O)O)CCCN(C(=O)C(C)(C)c2ccc(OC)c(OC)c2)C1. The lowest BCUT2D eigenvalue weighted by Gasteiger charge is -2.42. The third-order valence-electron chi connectivity index (χ3n) is 5.38. The number of nitrogens with zero attached hydrogens (tertiary/aromatic N) is 1. The second kappa shape index (κ2) is 8.17. The Labute approximate surface area is 160 Å². The molecule has 1 aromatic rings. The van der Waals surface area contributed by atoms with E-state index in [4.69, 9.17) is 14.2 Å². The highest BCUT2D eigenvalue weighted by atomic mass is 16.5. The zero-order valence-electron chi connectivity index (χ0n) is 16.7. The minimum atomic E-state index is -1.06. The minimum absolute atomic E-state index is 0.0862. The summed E-state index contributed by atoms with van der Waals surface area (Å²) >= 11 is 0. The molecule has 1 aliphatic rings. The molecule has 2 rings (SSSR count). The van der Waals surface area contributed by atoms with Gasteiger partial charge in [-0.15, -0.1) is 0 Å². The predicted molar refractivity (Wildman–Crippen MR) is 100 cm³/mol. The van der Waals surface area contributed by atoms with E-state index in [1.165, 1.54) is 7.11 Å². The van der Waals surface area contributed by atoms with E-state index in [1.807, 2.05) is 19.9 Å². The molecule has 0 aromatic heterocycles. The Hall–Kier alpha value is -2.28. The van der Waals surface area contributed by atoms with Crippen LogP contribution in [-0.4, -0.2) is 62.9 Å². The highest BCUT2D eigenvalue weighted by Crippen LogP contribution is 2.37. The van der Waals surface area contributed by atoms with E-state index in [9.17, 15) is 14.7 Å². The van der Waals surface area contributed by atoms with Crippen LogP contribution in [0.5, 0.6) is 11.5 Å². The normalized spacial score (nSPS) is 20.3. The Morgan fingerprint density at radius 1 is 1.19 bits per heavy atom. The highest BCUT2D eigenvalue weighted by Gasteiger charge is 2.46. The summed E-state index contributed by atoms with van der Waals surface area (Å²) in [6, 6.07) is 5.40. The Bertz CT molecular complexity index is 698. The van der Waals surface area contributed by atoms with Crippen LogP contribution in [-0.2, 0) is 19.7 Å². The van der Waals surface area contributed by atoms with Crippen molar-refractivity contribution in [2.45, 2.75) is 32.1 Å². The third kappa shape index (κ3) is 4.03. The molecule has 0 spiro atoms. The average Bonchev–Trinajstić information content (AvgIpc) is 2.66. The molecule has 1 aliphatic heterocycles. The van der Waals surface area contributed by atoms with Gasteiger partial charge in [-0.25, -0.2) is 0 Å². The Morgan fingerprint density at radius 3 is 2.41 bits per heavy atom. The minimum Gasteiger partial charge on any atom is -0.493 e. The number of rotatable bonds is 7. The number of carbonyl (C=O) groups excluding carboxylic acids is 1. The standard InChI is InChI=1S/C20H29NO6/c1-19(2,14-7-8-15(26-4)16(11-14)27-5)17(22)21-10-6-9-20(12-21,13-25-3)18(23)24/h7-8,11H,6,9-10,12-13H2,1-5H3,(H,23,24). The lowest BCUT2D eigenvalue weighted by molar-refractivity contribution is -0.160. The van der Waals surface area contributed by atoms with Crippen LogP contribution < -0.4 is 9.47 Å². The molecule has 1 unspecified atom stereocenters. The second-order valence-electron chi connectivity index (χ2n) is 7.54. The summed E-state index contributed by atoms with van der Waals surface area (Å²) in [5.41, 5.74) is -1.12. The molecule has 1 N–H and O–H groups in total. The van der Waals surface area contributed by atoms with Crippen molar-refractivity contribution in [2.24, 2.45) is 5.41 Å². The van der Waals surface area contributed by atoms with Crippen LogP contribution in [0.1, 0.15) is 32.3 Å². The number of amides is 1. The van der Waals surface area contributed by atoms with E-state index in [1.54, 1.807) is 31.3 Å². The van der Waals surface area contributed by atoms with Gasteiger partial charge < -0.3 is 24.2 Å². The number of carbonyl (C=O) groups is 2. The molecule has 7 nitrogen and oxygen atoms in total. The van der Waals surface area contributed by atoms with E-state index in [2.05, 4.69) is 0 Å². The van der Waals surface area contributed by atoms with E-state index < -0.39 is 16.8 Å². The molecule has 1 heterocycles. The lowest BCUT2D eigenvalue weighted by atomic mass is 9.78. The number of hydrogen-bond donors (Lipinski definition) is 1. The molecular weight excluding hydrogens is 350 g/mol. The molecule has 0 aliphatic carbocycles. The van der Waals surface area contributed by atoms with Gasteiger partial charge in [0.2, 0.25) is 5.91 Å². The van der Waals surface area contributed by atoms with Gasteiger partial charge in [0.05, 0.1) is 26.2 Å². The van der Waals surface area contributed by atoms with Crippen molar-refractivity contribution in [1.29, 1.82) is 0 Å². The quantitative estimate of drug-likeness (QED) is 0.783. The maximum Gasteiger partial charge on any atom is 0.313 e. The summed E-state index contributed by atoms with van der Waals surface area (Å²) in [6.45, 7) is 4.44. The Balaban J connectivity index is 2.30. The number of carboxylic acid groups (broad SMARTS) is 1. The topological polar surface area (TPSA) is 85.3 Å². The van der Waals surface area contributed by atoms with Gasteiger partial charge in [0.25, 0.3) is 0 Å². The zero-order chi connectivity index (χ0) is 20.2. The number of hydrogen-bond acceptors (Lipinski definition) is 5. The molecule has 1 amide bonds. The molecule has 150 valence electrons. The van der Waals surface area contributed by atoms with Crippen LogP contribution in [0.4, 0.5) is 0 Å². The summed E-state index contributed by atoms with van der Waals surface area (Å²) < 4.78 is 15.8. The monoisotopic (exact) mass is 379 g/mol. The van der Waals surface area contributed by atoms with Crippen molar-refractivity contribution in [1.82, 2.24) is 4.90 Å². The molecule has 0 saturated carbocycles. The van der Waals surface area contributed by atoms with Crippen LogP contribution in [0.25, 0.3) is 0 Å². The summed E-state index contributed by atoms with van der Waals surface area (Å²) in [6.07, 6.45) is 1.13. The Kier molecular flexibility index (Phi) is 6.36. The van der Waals surface area contributed by atoms with Crippen molar-refractivity contribution in [3.8, 4) is 11.5 Å². The summed E-state index contributed by atoms with van der Waals surface area (Å²) in [5, 5.41) is 9.72. The number of carboxylic acids is 1. The highest BCUT2D eigenvalue weighted by molar-refractivity contribution is 5.88. The molecule has 1 fully saturated rings. The van der Waals surface area contributed by atoms with Gasteiger partial charge in [-0.3, -0.25) is 9.59 Å². The number of aliphatic carboxylic acids is 1. The number of ether oxygens (including phenoxy) is 3. The van der Waals surface area contributed by atoms with E-state index in [-0.39, 0.29) is 19.1 Å². The largest absolute Gasteiger partial charge is 0.493 e. The van der Waals surface area contributed by atoms with E-state index in [0.29, 0.717) is 30.9 Å². The molecule has 7 heteroatoms. The summed E-state index contributed by atoms with van der Waals surface area (Å²) in [7, 11) is 4.59. The molecule has 0 radical (unpaired) electrons. The first kappa shape index (κ1) is 21.0. The summed E-state index contributed by atoms with van der Waals surface area (Å²) in [5.74, 6) is 0.100. The summed E-state index contributed by atoms with van der Waals surface area (Å²) in [4.78, 5) is 26.8. The lowest BCUT2D eigenvalue weighted by Crippen LogP contribution is -2.55. The van der Waals surface area contributed by atoms with Crippen molar-refractivity contribution in [3.05, 3.63) is 23.8 Å². The number of piperidine rings is 1. The number of methoxy groups -OCH3 is 3. The first-order valence-electron chi connectivity index (χ1n) is 8.96. The average molecular weight is 379 g/mol. The van der Waals surface area contributed by atoms with Crippen molar-refractivity contribution in [2.75, 3.05) is 41.0 Å². The number of likely N-dealkylation sites (tertiary alicyclic amines) is 1. The van der Waals surface area contributed by atoms with Crippen molar-refractivity contribution in [3.63, 3.8) is 0 Å². The van der Waals surface area contributed by atoms with E-state index >= 15 is 0 Å². The van der Waals surface area contributed by atoms with Gasteiger partial charge in [-0.05, 0) is 44.4 Å². The number of benzene rings is 1. The van der Waals surface area contributed by atoms with Gasteiger partial charge in [-0.2, -0.15) is 0 Å². The Morgan fingerprint density at radius 2 is 1.85 bits per heavy atom. The fourth-order valence-electron chi connectivity index (χ4n) is 3.68. The molecule has 1 atom stereocenters. The van der Waals surface area contributed by atoms with Crippen LogP contribution in [0.15, 0.2) is 18.2 Å². The smallest absolute Gasteiger partial charge is 0.313 e. The van der Waals surface area contributed by atoms with Crippen molar-refractivity contribution >= 4 is 11.9 Å². The van der Waals surface area contributed by atoms with E-state index in [0.717, 1.165) is 5.56 Å². The molecule has 1 saturated heterocycles. The third-order valence-corrected chi connectivity index (χ3v) is 5.38. The van der Waals surface area contributed by atoms with Gasteiger partial charge in [0.1, 0.15) is 5.41 Å². The predicted octanol–water partition coefficient (Wildman–Crippen LogP) is 2.32. The van der Waals surface area contributed by atoms with Gasteiger partial charge in [-0.1, -0.05) is 6.07 Å². The first-order chi connectivity index (χ1) is 12.7. The van der Waals surface area contributed by atoms with Gasteiger partial charge >= 0.3 is 5.97 Å². The van der Waals surface area contributed by atoms with Crippen LogP contribution in [0.3, 0.4) is 0 Å². The van der Waals surface area contributed by atoms with Crippen LogP contribution in [0, 0.1) is 5.41 Å². The van der Waals surface area contributed by atoms with Crippen LogP contribution >= 0.6 is 0 Å². The molecule has 27 heavy (non-hydrogen) atoms.